The number of hydrogen-bond donors (Lipinski definition) is 0. The number of nitrogens with zero attached hydrogens (tertiary/aromatic N) is 1. The summed E-state index contributed by atoms with van der Waals surface area (Å²) in [6, 6.07) is -0.279. The van der Waals surface area contributed by atoms with Gasteiger partial charge in [-0.15, -0.1) is 11.5 Å². The van der Waals surface area contributed by atoms with E-state index in [1.807, 2.05) is 25.7 Å². The van der Waals surface area contributed by atoms with Gasteiger partial charge in [-0.3, -0.25) is 9.69 Å². The average Bonchev–Trinajstić information content (AvgIpc) is 2.32. The van der Waals surface area contributed by atoms with Gasteiger partial charge in [-0.05, 0) is 25.0 Å². The third-order valence-electron chi connectivity index (χ3n) is 2.49. The fourth-order valence-electron chi connectivity index (χ4n) is 1.74. The van der Waals surface area contributed by atoms with E-state index >= 15 is 0 Å². The molecule has 0 aromatic carbocycles. The maximum Gasteiger partial charge on any atom is 0.323 e. The summed E-state index contributed by atoms with van der Waals surface area (Å²) in [5, 5.41) is 0. The van der Waals surface area contributed by atoms with Crippen molar-refractivity contribution in [2.24, 2.45) is 5.92 Å². The Bertz CT molecular complexity index is 328. The van der Waals surface area contributed by atoms with Gasteiger partial charge in [0, 0.05) is 13.1 Å². The Balaban J connectivity index is 4.99. The van der Waals surface area contributed by atoms with Crippen molar-refractivity contribution in [3.8, 4) is 0 Å². The van der Waals surface area contributed by atoms with Crippen LogP contribution in [0.5, 0.6) is 0 Å². The van der Waals surface area contributed by atoms with Gasteiger partial charge >= 0.3 is 5.97 Å². The molecule has 1 atom stereocenters. The standard InChI is InChI=1S/C15H23NO2/c1-6-9-11-16(12-10-7-2)14(13(4)5)15(17)18-8-3/h9-10,13-14H,1-2,8,11-12H2,3-5H3/t14-/m0/s1. The van der Waals surface area contributed by atoms with Crippen LogP contribution in [-0.4, -0.2) is 36.6 Å². The first-order valence-electron chi connectivity index (χ1n) is 6.17. The van der Waals surface area contributed by atoms with Gasteiger partial charge in [0.15, 0.2) is 0 Å². The van der Waals surface area contributed by atoms with E-state index < -0.39 is 0 Å². The van der Waals surface area contributed by atoms with Gasteiger partial charge in [-0.25, -0.2) is 0 Å². The number of hydrogen-bond acceptors (Lipinski definition) is 3. The van der Waals surface area contributed by atoms with Gasteiger partial charge in [0.1, 0.15) is 6.04 Å². The summed E-state index contributed by atoms with van der Waals surface area (Å²) in [6.45, 7) is 14.5. The third-order valence-corrected chi connectivity index (χ3v) is 2.49. The fraction of sp³-hybridized carbons (Fsp3) is 0.533. The SMILES string of the molecule is C=C=CCN(CC=C=C)[C@H](C(=O)OCC)C(C)C. The first kappa shape index (κ1) is 16.5. The number of ether oxygens (including phenoxy) is 1. The molecule has 100 valence electrons. The predicted molar refractivity (Wildman–Crippen MR) is 74.3 cm³/mol. The summed E-state index contributed by atoms with van der Waals surface area (Å²) in [6.07, 6.45) is 3.59. The molecule has 0 fully saturated rings. The molecule has 0 aromatic heterocycles. The van der Waals surface area contributed by atoms with Crippen LogP contribution in [0.1, 0.15) is 20.8 Å². The second-order valence-corrected chi connectivity index (χ2v) is 4.21. The molecule has 0 bridgehead atoms. The molecule has 0 radical (unpaired) electrons. The zero-order valence-corrected chi connectivity index (χ0v) is 11.6. The first-order valence-corrected chi connectivity index (χ1v) is 6.17. The minimum atomic E-state index is -0.279. The molecule has 0 aromatic rings. The number of esters is 1. The Hall–Kier alpha value is -1.53. The summed E-state index contributed by atoms with van der Waals surface area (Å²) in [5.41, 5.74) is 5.44. The van der Waals surface area contributed by atoms with Crippen LogP contribution in [0.25, 0.3) is 0 Å². The molecule has 0 aliphatic carbocycles. The molecule has 0 rings (SSSR count). The van der Waals surface area contributed by atoms with E-state index in [9.17, 15) is 4.79 Å². The van der Waals surface area contributed by atoms with Crippen LogP contribution in [-0.2, 0) is 9.53 Å². The van der Waals surface area contributed by atoms with Gasteiger partial charge in [0.2, 0.25) is 0 Å². The van der Waals surface area contributed by atoms with Gasteiger partial charge in [0.05, 0.1) is 6.61 Å². The van der Waals surface area contributed by atoms with Crippen molar-refractivity contribution >= 4 is 5.97 Å². The molecule has 0 saturated carbocycles. The van der Waals surface area contributed by atoms with Crippen LogP contribution < -0.4 is 0 Å². The fourth-order valence-corrected chi connectivity index (χ4v) is 1.74. The summed E-state index contributed by atoms with van der Waals surface area (Å²) in [5.74, 6) is -0.0251. The smallest absolute Gasteiger partial charge is 0.323 e. The minimum absolute atomic E-state index is 0.167. The molecule has 0 heterocycles. The Morgan fingerprint density at radius 1 is 1.28 bits per heavy atom. The normalized spacial score (nSPS) is 11.6. The van der Waals surface area contributed by atoms with E-state index in [2.05, 4.69) is 24.6 Å². The Kier molecular flexibility index (Phi) is 8.69. The van der Waals surface area contributed by atoms with Crippen LogP contribution in [0.15, 0.2) is 36.8 Å². The van der Waals surface area contributed by atoms with E-state index in [0.717, 1.165) is 0 Å². The lowest BCUT2D eigenvalue weighted by Gasteiger charge is -2.30. The molecular weight excluding hydrogens is 226 g/mol. The van der Waals surface area contributed by atoms with Crippen molar-refractivity contribution in [1.82, 2.24) is 4.90 Å². The first-order chi connectivity index (χ1) is 8.58. The van der Waals surface area contributed by atoms with Crippen LogP contribution in [0.4, 0.5) is 0 Å². The van der Waals surface area contributed by atoms with Crippen molar-refractivity contribution in [2.75, 3.05) is 19.7 Å². The van der Waals surface area contributed by atoms with E-state index in [1.54, 1.807) is 12.2 Å². The minimum Gasteiger partial charge on any atom is -0.465 e. The Labute approximate surface area is 110 Å². The summed E-state index contributed by atoms with van der Waals surface area (Å²) in [7, 11) is 0. The van der Waals surface area contributed by atoms with E-state index in [4.69, 9.17) is 4.74 Å². The van der Waals surface area contributed by atoms with Crippen LogP contribution in [0.2, 0.25) is 0 Å². The summed E-state index contributed by atoms with van der Waals surface area (Å²) >= 11 is 0. The van der Waals surface area contributed by atoms with Gasteiger partial charge < -0.3 is 4.74 Å². The second kappa shape index (κ2) is 9.49. The molecule has 3 nitrogen and oxygen atoms in total. The number of rotatable bonds is 8. The van der Waals surface area contributed by atoms with Crippen LogP contribution in [0, 0.1) is 5.92 Å². The molecule has 0 saturated heterocycles. The van der Waals surface area contributed by atoms with Gasteiger partial charge in [0.25, 0.3) is 0 Å². The largest absolute Gasteiger partial charge is 0.465 e. The zero-order valence-electron chi connectivity index (χ0n) is 11.6. The van der Waals surface area contributed by atoms with Gasteiger partial charge in [-0.1, -0.05) is 27.0 Å². The molecule has 0 aliphatic heterocycles. The van der Waals surface area contributed by atoms with Crippen molar-refractivity contribution in [1.29, 1.82) is 0 Å². The Morgan fingerprint density at radius 2 is 1.78 bits per heavy atom. The monoisotopic (exact) mass is 249 g/mol. The number of carbonyl (C=O) groups is 1. The molecule has 0 unspecified atom stereocenters. The third kappa shape index (κ3) is 5.70. The maximum absolute atomic E-state index is 12.0. The lowest BCUT2D eigenvalue weighted by atomic mass is 10.0. The second-order valence-electron chi connectivity index (χ2n) is 4.21. The molecule has 0 N–H and O–H groups in total. The van der Waals surface area contributed by atoms with Crippen molar-refractivity contribution in [3.05, 3.63) is 36.8 Å². The topological polar surface area (TPSA) is 29.5 Å². The molecule has 0 aliphatic rings. The predicted octanol–water partition coefficient (Wildman–Crippen LogP) is 2.56. The number of carbonyl (C=O) groups excluding carboxylic acids is 1. The highest BCUT2D eigenvalue weighted by atomic mass is 16.5. The quantitative estimate of drug-likeness (QED) is 0.489. The molecule has 0 spiro atoms. The van der Waals surface area contributed by atoms with E-state index in [-0.39, 0.29) is 17.9 Å². The average molecular weight is 249 g/mol. The highest BCUT2D eigenvalue weighted by Gasteiger charge is 2.28. The molecule has 18 heavy (non-hydrogen) atoms. The van der Waals surface area contributed by atoms with Crippen LogP contribution in [0.3, 0.4) is 0 Å². The highest BCUT2D eigenvalue weighted by Crippen LogP contribution is 2.13. The van der Waals surface area contributed by atoms with Crippen LogP contribution >= 0.6 is 0 Å². The van der Waals surface area contributed by atoms with Crippen molar-refractivity contribution in [2.45, 2.75) is 26.8 Å². The summed E-state index contributed by atoms with van der Waals surface area (Å²) < 4.78 is 5.13. The van der Waals surface area contributed by atoms with E-state index in [0.29, 0.717) is 19.7 Å². The highest BCUT2D eigenvalue weighted by molar-refractivity contribution is 5.76. The van der Waals surface area contributed by atoms with E-state index in [1.165, 1.54) is 0 Å². The van der Waals surface area contributed by atoms with Crippen molar-refractivity contribution < 1.29 is 9.53 Å². The van der Waals surface area contributed by atoms with Crippen molar-refractivity contribution in [3.63, 3.8) is 0 Å². The maximum atomic E-state index is 12.0. The zero-order chi connectivity index (χ0) is 14.0. The summed E-state index contributed by atoms with van der Waals surface area (Å²) in [4.78, 5) is 14.0. The lowest BCUT2D eigenvalue weighted by molar-refractivity contribution is -0.150. The van der Waals surface area contributed by atoms with Gasteiger partial charge in [-0.2, -0.15) is 0 Å². The Morgan fingerprint density at radius 3 is 2.11 bits per heavy atom. The molecular formula is C15H23NO2. The molecule has 3 heteroatoms. The lowest BCUT2D eigenvalue weighted by Crippen LogP contribution is -2.45. The molecule has 0 amide bonds.